The number of hydrogen-bond donors (Lipinski definition) is 2. The summed E-state index contributed by atoms with van der Waals surface area (Å²) in [6, 6.07) is 10.9. The summed E-state index contributed by atoms with van der Waals surface area (Å²) in [6.07, 6.45) is 0. The van der Waals surface area contributed by atoms with E-state index in [1.807, 2.05) is 0 Å². The first-order chi connectivity index (χ1) is 15.1. The number of nitro benzene ring substituents is 1. The van der Waals surface area contributed by atoms with E-state index in [1.54, 1.807) is 19.9 Å². The van der Waals surface area contributed by atoms with Gasteiger partial charge in [-0.25, -0.2) is 23.1 Å². The highest BCUT2D eigenvalue weighted by molar-refractivity contribution is 7.92. The maximum absolute atomic E-state index is 12.6. The molecular weight excluding hydrogens is 438 g/mol. The third-order valence-corrected chi connectivity index (χ3v) is 5.61. The second-order valence-corrected chi connectivity index (χ2v) is 8.38. The lowest BCUT2D eigenvalue weighted by Crippen LogP contribution is -2.16. The molecule has 1 aromatic heterocycles. The number of hydrogen-bond acceptors (Lipinski definition) is 8. The van der Waals surface area contributed by atoms with E-state index < -0.39 is 20.9 Å². The van der Waals surface area contributed by atoms with Crippen molar-refractivity contribution in [2.24, 2.45) is 0 Å². The van der Waals surface area contributed by atoms with E-state index in [1.165, 1.54) is 43.5 Å². The summed E-state index contributed by atoms with van der Waals surface area (Å²) in [4.78, 5) is 31.0. The lowest BCUT2D eigenvalue weighted by Gasteiger charge is -2.10. The number of nitrogens with one attached hydrogen (secondary N) is 2. The molecule has 0 fully saturated rings. The first-order valence-electron chi connectivity index (χ1n) is 9.18. The van der Waals surface area contributed by atoms with E-state index in [0.29, 0.717) is 17.1 Å². The Morgan fingerprint density at radius 1 is 1.03 bits per heavy atom. The van der Waals surface area contributed by atoms with Crippen molar-refractivity contribution in [2.75, 3.05) is 17.1 Å². The topological polar surface area (TPSA) is 153 Å². The molecule has 1 heterocycles. The molecule has 0 aliphatic rings. The van der Waals surface area contributed by atoms with Crippen LogP contribution in [0.2, 0.25) is 0 Å². The van der Waals surface area contributed by atoms with Crippen molar-refractivity contribution in [3.8, 4) is 5.75 Å². The van der Waals surface area contributed by atoms with Crippen molar-refractivity contribution >= 4 is 33.3 Å². The van der Waals surface area contributed by atoms with Crippen LogP contribution in [0, 0.1) is 24.0 Å². The van der Waals surface area contributed by atoms with Gasteiger partial charge < -0.3 is 10.1 Å². The number of aryl methyl sites for hydroxylation is 2. The number of anilines is 2. The minimum atomic E-state index is -3.94. The molecule has 0 saturated carbocycles. The van der Waals surface area contributed by atoms with Crippen LogP contribution in [0.25, 0.3) is 0 Å². The second kappa shape index (κ2) is 8.98. The summed E-state index contributed by atoms with van der Waals surface area (Å²) in [5, 5.41) is 13.7. The summed E-state index contributed by atoms with van der Waals surface area (Å²) in [5.74, 6) is -0.615. The molecule has 3 aromatic rings. The summed E-state index contributed by atoms with van der Waals surface area (Å²) < 4.78 is 32.4. The zero-order valence-electron chi connectivity index (χ0n) is 17.3. The van der Waals surface area contributed by atoms with Crippen LogP contribution in [-0.4, -0.2) is 36.3 Å². The molecule has 12 heteroatoms. The molecule has 32 heavy (non-hydrogen) atoms. The van der Waals surface area contributed by atoms with Gasteiger partial charge >= 0.3 is 5.69 Å². The molecule has 0 unspecified atom stereocenters. The van der Waals surface area contributed by atoms with Crippen LogP contribution in [0.3, 0.4) is 0 Å². The highest BCUT2D eigenvalue weighted by atomic mass is 32.2. The Kier molecular flexibility index (Phi) is 6.35. The highest BCUT2D eigenvalue weighted by Gasteiger charge is 2.19. The van der Waals surface area contributed by atoms with Gasteiger partial charge in [0.15, 0.2) is 5.75 Å². The van der Waals surface area contributed by atoms with E-state index >= 15 is 0 Å². The SMILES string of the molecule is COc1ccc(C(=O)Nc2ccc(S(=O)(=O)Nc3nc(C)cc(C)n3)cc2)cc1[N+](=O)[O-]. The standard InChI is InChI=1S/C20H19N5O6S/c1-12-10-13(2)22-20(21-12)24-32(29,30)16-7-5-15(6-8-16)23-19(26)14-4-9-18(31-3)17(11-14)25(27)28/h4-11H,1-3H3,(H,23,26)(H,21,22,24). The molecule has 2 aromatic carbocycles. The average Bonchev–Trinajstić information content (AvgIpc) is 2.72. The van der Waals surface area contributed by atoms with Crippen molar-refractivity contribution < 1.29 is 22.9 Å². The van der Waals surface area contributed by atoms with Crippen LogP contribution in [0.15, 0.2) is 53.4 Å². The Labute approximate surface area is 183 Å². The Bertz CT molecular complexity index is 1270. The Balaban J connectivity index is 1.76. The Hall–Kier alpha value is -4.06. The smallest absolute Gasteiger partial charge is 0.311 e. The van der Waals surface area contributed by atoms with Gasteiger partial charge in [0.1, 0.15) is 0 Å². The predicted molar refractivity (Wildman–Crippen MR) is 116 cm³/mol. The highest BCUT2D eigenvalue weighted by Crippen LogP contribution is 2.28. The Morgan fingerprint density at radius 2 is 1.66 bits per heavy atom. The molecule has 3 rings (SSSR count). The molecule has 1 amide bonds. The second-order valence-electron chi connectivity index (χ2n) is 6.70. The van der Waals surface area contributed by atoms with Gasteiger partial charge in [0, 0.05) is 28.7 Å². The number of methoxy groups -OCH3 is 1. The third kappa shape index (κ3) is 5.16. The van der Waals surface area contributed by atoms with Crippen LogP contribution in [0.4, 0.5) is 17.3 Å². The van der Waals surface area contributed by atoms with Gasteiger partial charge in [0.05, 0.1) is 16.9 Å². The molecule has 166 valence electrons. The fraction of sp³-hybridized carbons (Fsp3) is 0.150. The number of rotatable bonds is 7. The van der Waals surface area contributed by atoms with Crippen molar-refractivity contribution in [1.82, 2.24) is 9.97 Å². The number of benzene rings is 2. The average molecular weight is 457 g/mol. The number of nitrogens with zero attached hydrogens (tertiary/aromatic N) is 3. The van der Waals surface area contributed by atoms with Crippen molar-refractivity contribution in [3.63, 3.8) is 0 Å². The monoisotopic (exact) mass is 457 g/mol. The van der Waals surface area contributed by atoms with Gasteiger partial charge in [-0.1, -0.05) is 0 Å². The minimum absolute atomic E-state index is 0.0291. The molecule has 0 aliphatic carbocycles. The van der Waals surface area contributed by atoms with Gasteiger partial charge in [-0.15, -0.1) is 0 Å². The predicted octanol–water partition coefficient (Wildman–Crippen LogP) is 3.06. The third-order valence-electron chi connectivity index (χ3n) is 4.27. The van der Waals surface area contributed by atoms with Crippen LogP contribution in [0.5, 0.6) is 5.75 Å². The molecule has 0 saturated heterocycles. The number of carbonyl (C=O) groups excluding carboxylic acids is 1. The summed E-state index contributed by atoms with van der Waals surface area (Å²) in [5.41, 5.74) is 1.23. The Morgan fingerprint density at radius 3 is 2.22 bits per heavy atom. The zero-order valence-corrected chi connectivity index (χ0v) is 18.1. The molecule has 11 nitrogen and oxygen atoms in total. The first kappa shape index (κ1) is 22.6. The number of nitro groups is 1. The maximum atomic E-state index is 12.6. The molecule has 0 atom stereocenters. The fourth-order valence-electron chi connectivity index (χ4n) is 2.85. The maximum Gasteiger partial charge on any atom is 0.311 e. The number of ether oxygens (including phenoxy) is 1. The number of sulfonamides is 1. The van der Waals surface area contributed by atoms with Gasteiger partial charge in [0.2, 0.25) is 5.95 Å². The summed E-state index contributed by atoms with van der Waals surface area (Å²) in [7, 11) is -2.65. The molecular formula is C20H19N5O6S. The quantitative estimate of drug-likeness (QED) is 0.405. The molecule has 2 N–H and O–H groups in total. The zero-order chi connectivity index (χ0) is 23.5. The van der Waals surface area contributed by atoms with Crippen molar-refractivity contribution in [2.45, 2.75) is 18.7 Å². The fourth-order valence-corrected chi connectivity index (χ4v) is 3.79. The molecule has 0 spiro atoms. The van der Waals surface area contributed by atoms with Crippen LogP contribution >= 0.6 is 0 Å². The largest absolute Gasteiger partial charge is 0.490 e. The van der Waals surface area contributed by atoms with E-state index in [2.05, 4.69) is 20.0 Å². The number of aromatic nitrogens is 2. The van der Waals surface area contributed by atoms with E-state index in [-0.39, 0.29) is 27.8 Å². The van der Waals surface area contributed by atoms with Gasteiger partial charge in [-0.2, -0.15) is 0 Å². The minimum Gasteiger partial charge on any atom is -0.490 e. The molecule has 0 bridgehead atoms. The van der Waals surface area contributed by atoms with E-state index in [9.17, 15) is 23.3 Å². The first-order valence-corrected chi connectivity index (χ1v) is 10.7. The lowest BCUT2D eigenvalue weighted by molar-refractivity contribution is -0.385. The van der Waals surface area contributed by atoms with Crippen LogP contribution in [-0.2, 0) is 10.0 Å². The van der Waals surface area contributed by atoms with Gasteiger partial charge in [0.25, 0.3) is 15.9 Å². The van der Waals surface area contributed by atoms with Crippen molar-refractivity contribution in [1.29, 1.82) is 0 Å². The van der Waals surface area contributed by atoms with E-state index in [0.717, 1.165) is 6.07 Å². The van der Waals surface area contributed by atoms with Crippen LogP contribution < -0.4 is 14.8 Å². The molecule has 0 radical (unpaired) electrons. The van der Waals surface area contributed by atoms with Crippen molar-refractivity contribution in [3.05, 3.63) is 75.6 Å². The number of amides is 1. The lowest BCUT2D eigenvalue weighted by atomic mass is 10.1. The van der Waals surface area contributed by atoms with E-state index in [4.69, 9.17) is 4.74 Å². The molecule has 0 aliphatic heterocycles. The summed E-state index contributed by atoms with van der Waals surface area (Å²) >= 11 is 0. The number of carbonyl (C=O) groups is 1. The summed E-state index contributed by atoms with van der Waals surface area (Å²) in [6.45, 7) is 3.45. The normalized spacial score (nSPS) is 11.0. The van der Waals surface area contributed by atoms with Gasteiger partial charge in [-0.3, -0.25) is 14.9 Å². The van der Waals surface area contributed by atoms with Crippen LogP contribution in [0.1, 0.15) is 21.7 Å². The van der Waals surface area contributed by atoms with Gasteiger partial charge in [-0.05, 0) is 56.3 Å².